The first-order valence-corrected chi connectivity index (χ1v) is 6.91. The van der Waals surface area contributed by atoms with Crippen molar-refractivity contribution < 1.29 is 9.15 Å². The highest BCUT2D eigenvalue weighted by atomic mass is 16.5. The molecule has 2 heteroatoms. The molecule has 0 atom stereocenters. The second-order valence-electron chi connectivity index (χ2n) is 4.92. The molecule has 0 aliphatic heterocycles. The maximum atomic E-state index is 5.85. The fourth-order valence-electron chi connectivity index (χ4n) is 2.33. The van der Waals surface area contributed by atoms with Gasteiger partial charge in [0.1, 0.15) is 5.75 Å². The summed E-state index contributed by atoms with van der Waals surface area (Å²) in [6.45, 7) is 1.97. The molecule has 104 valence electrons. The molecular weight excluding hydrogens is 260 g/mol. The number of aryl methyl sites for hydroxylation is 1. The molecule has 0 amide bonds. The van der Waals surface area contributed by atoms with Crippen molar-refractivity contribution in [2.75, 3.05) is 7.11 Å². The third-order valence-electron chi connectivity index (χ3n) is 3.40. The summed E-state index contributed by atoms with van der Waals surface area (Å²) in [4.78, 5) is 0. The Bertz CT molecular complexity index is 731. The second kappa shape index (κ2) is 5.80. The fourth-order valence-corrected chi connectivity index (χ4v) is 2.33. The minimum atomic E-state index is 0.861. The molecule has 0 unspecified atom stereocenters. The monoisotopic (exact) mass is 277 g/mol. The quantitative estimate of drug-likeness (QED) is 0.612. The Kier molecular flexibility index (Phi) is 3.69. The van der Waals surface area contributed by atoms with Crippen LogP contribution in [0.25, 0.3) is 22.5 Å². The van der Waals surface area contributed by atoms with Gasteiger partial charge in [0, 0.05) is 11.6 Å². The third-order valence-corrected chi connectivity index (χ3v) is 3.40. The number of ether oxygens (including phenoxy) is 1. The minimum absolute atomic E-state index is 0.861. The molecule has 0 aliphatic carbocycles. The van der Waals surface area contributed by atoms with E-state index in [1.165, 1.54) is 0 Å². The molecule has 0 saturated heterocycles. The average Bonchev–Trinajstić information content (AvgIpc) is 2.55. The molecule has 3 rings (SSSR count). The molecule has 2 aromatic carbocycles. The Morgan fingerprint density at radius 2 is 1.48 bits per heavy atom. The number of rotatable bonds is 3. The normalized spacial score (nSPS) is 10.4. The Morgan fingerprint density at radius 3 is 2.14 bits per heavy atom. The molecule has 21 heavy (non-hydrogen) atoms. The highest BCUT2D eigenvalue weighted by Gasteiger charge is 2.15. The van der Waals surface area contributed by atoms with Gasteiger partial charge in [0.25, 0.3) is 0 Å². The number of methoxy groups -OCH3 is 1. The first-order valence-electron chi connectivity index (χ1n) is 6.91. The summed E-state index contributed by atoms with van der Waals surface area (Å²) < 4.78 is 11.0. The van der Waals surface area contributed by atoms with E-state index in [0.717, 1.165) is 34.0 Å². The molecular formula is C19H17O2+. The summed E-state index contributed by atoms with van der Waals surface area (Å²) in [6.07, 6.45) is 0. The molecule has 0 spiro atoms. The van der Waals surface area contributed by atoms with Gasteiger partial charge in [0.2, 0.25) is 0 Å². The van der Waals surface area contributed by atoms with Crippen LogP contribution >= 0.6 is 0 Å². The van der Waals surface area contributed by atoms with Crippen LogP contribution in [0.5, 0.6) is 5.75 Å². The molecule has 1 aromatic heterocycles. The molecule has 0 aliphatic rings. The maximum absolute atomic E-state index is 5.85. The first kappa shape index (κ1) is 13.4. The van der Waals surface area contributed by atoms with Crippen molar-refractivity contribution in [1.29, 1.82) is 0 Å². The van der Waals surface area contributed by atoms with E-state index in [2.05, 4.69) is 30.3 Å². The van der Waals surface area contributed by atoms with Crippen molar-refractivity contribution in [2.45, 2.75) is 6.92 Å². The van der Waals surface area contributed by atoms with E-state index in [1.54, 1.807) is 7.11 Å². The van der Waals surface area contributed by atoms with E-state index in [-0.39, 0.29) is 0 Å². The summed E-state index contributed by atoms with van der Waals surface area (Å²) >= 11 is 0. The van der Waals surface area contributed by atoms with Crippen molar-refractivity contribution in [3.05, 3.63) is 72.5 Å². The van der Waals surface area contributed by atoms with E-state index in [9.17, 15) is 0 Å². The molecule has 3 aromatic rings. The lowest BCUT2D eigenvalue weighted by Crippen LogP contribution is -1.86. The van der Waals surface area contributed by atoms with Crippen molar-refractivity contribution in [1.82, 2.24) is 0 Å². The Morgan fingerprint density at radius 1 is 0.762 bits per heavy atom. The summed E-state index contributed by atoms with van der Waals surface area (Å²) in [5.74, 6) is 2.63. The molecule has 1 heterocycles. The minimum Gasteiger partial charge on any atom is -0.497 e. The van der Waals surface area contributed by atoms with E-state index in [0.29, 0.717) is 0 Å². The van der Waals surface area contributed by atoms with Gasteiger partial charge >= 0.3 is 11.5 Å². The van der Waals surface area contributed by atoms with Crippen LogP contribution < -0.4 is 4.74 Å². The van der Waals surface area contributed by atoms with E-state index >= 15 is 0 Å². The van der Waals surface area contributed by atoms with Crippen molar-refractivity contribution in [2.24, 2.45) is 0 Å². The summed E-state index contributed by atoms with van der Waals surface area (Å²) in [5.41, 5.74) is 3.36. The van der Waals surface area contributed by atoms with Crippen LogP contribution in [0.3, 0.4) is 0 Å². The summed E-state index contributed by atoms with van der Waals surface area (Å²) in [6, 6.07) is 22.3. The van der Waals surface area contributed by atoms with Crippen LogP contribution in [-0.4, -0.2) is 7.11 Å². The molecule has 0 bridgehead atoms. The summed E-state index contributed by atoms with van der Waals surface area (Å²) in [5, 5.41) is 0. The van der Waals surface area contributed by atoms with E-state index in [1.807, 2.05) is 43.3 Å². The highest BCUT2D eigenvalue weighted by molar-refractivity contribution is 5.70. The van der Waals surface area contributed by atoms with E-state index in [4.69, 9.17) is 9.15 Å². The van der Waals surface area contributed by atoms with Gasteiger partial charge in [-0.3, -0.25) is 0 Å². The predicted molar refractivity (Wildman–Crippen MR) is 85.3 cm³/mol. The van der Waals surface area contributed by atoms with Crippen molar-refractivity contribution in [3.63, 3.8) is 0 Å². The van der Waals surface area contributed by atoms with Crippen LogP contribution in [0.1, 0.15) is 5.76 Å². The highest BCUT2D eigenvalue weighted by Crippen LogP contribution is 2.29. The maximum Gasteiger partial charge on any atom is 0.360 e. The molecule has 0 radical (unpaired) electrons. The first-order chi connectivity index (χ1) is 10.3. The van der Waals surface area contributed by atoms with Gasteiger partial charge in [-0.25, -0.2) is 4.42 Å². The molecule has 2 nitrogen and oxygen atoms in total. The van der Waals surface area contributed by atoms with Crippen LogP contribution in [0, 0.1) is 6.92 Å². The number of hydrogen-bond donors (Lipinski definition) is 0. The van der Waals surface area contributed by atoms with Crippen LogP contribution in [0.15, 0.2) is 71.1 Å². The lowest BCUT2D eigenvalue weighted by atomic mass is 10.0. The topological polar surface area (TPSA) is 20.5 Å². The summed E-state index contributed by atoms with van der Waals surface area (Å²) in [7, 11) is 1.67. The Labute approximate surface area is 124 Å². The standard InChI is InChI=1S/C19H17O2/c1-14-12-17(15-8-10-18(20-2)11-9-15)13-19(21-14)16-6-4-3-5-7-16/h3-13H,1-2H3/q+1. The van der Waals surface area contributed by atoms with Gasteiger partial charge in [0.15, 0.2) is 0 Å². The zero-order valence-corrected chi connectivity index (χ0v) is 12.2. The van der Waals surface area contributed by atoms with Crippen LogP contribution in [-0.2, 0) is 0 Å². The molecule has 0 fully saturated rings. The van der Waals surface area contributed by atoms with Gasteiger partial charge in [-0.05, 0) is 29.8 Å². The van der Waals surface area contributed by atoms with Gasteiger partial charge in [-0.1, -0.05) is 30.3 Å². The van der Waals surface area contributed by atoms with Crippen LogP contribution in [0.4, 0.5) is 0 Å². The fraction of sp³-hybridized carbons (Fsp3) is 0.105. The molecule has 0 N–H and O–H groups in total. The lowest BCUT2D eigenvalue weighted by molar-refractivity contribution is 0.415. The average molecular weight is 277 g/mol. The lowest BCUT2D eigenvalue weighted by Gasteiger charge is -2.03. The van der Waals surface area contributed by atoms with Gasteiger partial charge in [-0.2, -0.15) is 0 Å². The Balaban J connectivity index is 2.05. The smallest absolute Gasteiger partial charge is 0.360 e. The SMILES string of the molecule is COc1ccc(-c2cc(C)[o+]c(-c3ccccc3)c2)cc1. The third kappa shape index (κ3) is 2.95. The zero-order chi connectivity index (χ0) is 14.7. The number of benzene rings is 2. The Hall–Kier alpha value is -2.61. The predicted octanol–water partition coefficient (Wildman–Crippen LogP) is 5.21. The second-order valence-corrected chi connectivity index (χ2v) is 4.92. The van der Waals surface area contributed by atoms with Gasteiger partial charge in [-0.15, -0.1) is 0 Å². The number of hydrogen-bond acceptors (Lipinski definition) is 1. The zero-order valence-electron chi connectivity index (χ0n) is 12.2. The van der Waals surface area contributed by atoms with Gasteiger partial charge in [0.05, 0.1) is 25.7 Å². The van der Waals surface area contributed by atoms with Gasteiger partial charge < -0.3 is 4.74 Å². The largest absolute Gasteiger partial charge is 0.497 e. The van der Waals surface area contributed by atoms with Crippen LogP contribution in [0.2, 0.25) is 0 Å². The molecule has 0 saturated carbocycles. The van der Waals surface area contributed by atoms with Crippen molar-refractivity contribution >= 4 is 0 Å². The van der Waals surface area contributed by atoms with E-state index < -0.39 is 0 Å². The van der Waals surface area contributed by atoms with Crippen molar-refractivity contribution in [3.8, 4) is 28.2 Å².